The van der Waals surface area contributed by atoms with Crippen LogP contribution < -0.4 is 10.6 Å². The summed E-state index contributed by atoms with van der Waals surface area (Å²) in [6.07, 6.45) is 1.54. The molecule has 0 radical (unpaired) electrons. The fraction of sp³-hybridized carbons (Fsp3) is 0.381. The van der Waals surface area contributed by atoms with Crippen molar-refractivity contribution in [3.63, 3.8) is 0 Å². The third-order valence-corrected chi connectivity index (χ3v) is 5.66. The molecule has 8 heteroatoms. The first-order valence-electron chi connectivity index (χ1n) is 9.85. The third-order valence-electron chi connectivity index (χ3n) is 5.26. The van der Waals surface area contributed by atoms with Gasteiger partial charge in [-0.2, -0.15) is 5.10 Å². The van der Waals surface area contributed by atoms with Gasteiger partial charge < -0.3 is 10.6 Å². The Morgan fingerprint density at radius 2 is 1.90 bits per heavy atom. The minimum absolute atomic E-state index is 0.277. The molecule has 2 aromatic heterocycles. The molecule has 1 saturated heterocycles. The zero-order valence-electron chi connectivity index (χ0n) is 16.7. The van der Waals surface area contributed by atoms with Crippen LogP contribution in [0, 0.1) is 13.8 Å². The Kier molecular flexibility index (Phi) is 5.80. The zero-order valence-corrected chi connectivity index (χ0v) is 17.5. The molecule has 1 aliphatic heterocycles. The topological polar surface area (TPSA) is 75.1 Å². The Hall–Kier alpha value is -2.48. The van der Waals surface area contributed by atoms with E-state index in [4.69, 9.17) is 11.6 Å². The molecular formula is C21H25ClN6O. The monoisotopic (exact) mass is 412 g/mol. The summed E-state index contributed by atoms with van der Waals surface area (Å²) in [6.45, 7) is 9.66. The molecule has 3 heterocycles. The van der Waals surface area contributed by atoms with Gasteiger partial charge in [0.1, 0.15) is 0 Å². The van der Waals surface area contributed by atoms with Crippen molar-refractivity contribution in [1.82, 2.24) is 25.0 Å². The molecule has 1 amide bonds. The molecule has 1 aliphatic rings. The van der Waals surface area contributed by atoms with E-state index >= 15 is 0 Å². The summed E-state index contributed by atoms with van der Waals surface area (Å²) in [6, 6.07) is 7.63. The van der Waals surface area contributed by atoms with Crippen molar-refractivity contribution < 1.29 is 4.79 Å². The van der Waals surface area contributed by atoms with E-state index in [0.717, 1.165) is 67.2 Å². The highest BCUT2D eigenvalue weighted by molar-refractivity contribution is 6.39. The lowest BCUT2D eigenvalue weighted by Crippen LogP contribution is -2.44. The second kappa shape index (κ2) is 8.49. The lowest BCUT2D eigenvalue weighted by Gasteiger charge is -2.26. The van der Waals surface area contributed by atoms with E-state index in [1.807, 2.05) is 42.8 Å². The Bertz CT molecular complexity index is 1020. The number of piperazine rings is 1. The molecule has 3 aromatic rings. The number of anilines is 1. The van der Waals surface area contributed by atoms with Crippen LogP contribution in [0.1, 0.15) is 21.6 Å². The summed E-state index contributed by atoms with van der Waals surface area (Å²) in [4.78, 5) is 19.7. The highest BCUT2D eigenvalue weighted by Crippen LogP contribution is 2.29. The summed E-state index contributed by atoms with van der Waals surface area (Å²) in [5.74, 6) is -0.277. The number of amides is 1. The number of pyridine rings is 1. The number of rotatable bonds is 5. The summed E-state index contributed by atoms with van der Waals surface area (Å²) >= 11 is 6.62. The normalized spacial score (nSPS) is 15.0. The zero-order chi connectivity index (χ0) is 20.4. The maximum absolute atomic E-state index is 12.7. The average molecular weight is 413 g/mol. The maximum atomic E-state index is 12.7. The van der Waals surface area contributed by atoms with Gasteiger partial charge in [-0.3, -0.25) is 9.69 Å². The van der Waals surface area contributed by atoms with Crippen LogP contribution in [0.4, 0.5) is 5.69 Å². The highest BCUT2D eigenvalue weighted by Gasteiger charge is 2.20. The van der Waals surface area contributed by atoms with Crippen LogP contribution >= 0.6 is 11.6 Å². The fourth-order valence-electron chi connectivity index (χ4n) is 3.59. The van der Waals surface area contributed by atoms with Crippen LogP contribution in [0.3, 0.4) is 0 Å². The molecule has 0 saturated carbocycles. The van der Waals surface area contributed by atoms with Gasteiger partial charge in [0.2, 0.25) is 0 Å². The largest absolute Gasteiger partial charge is 0.322 e. The number of halogens is 1. The molecular weight excluding hydrogens is 388 g/mol. The maximum Gasteiger partial charge on any atom is 0.258 e. The number of hydrogen-bond donors (Lipinski definition) is 2. The van der Waals surface area contributed by atoms with Crippen molar-refractivity contribution in [2.24, 2.45) is 0 Å². The molecule has 1 fully saturated rings. The van der Waals surface area contributed by atoms with Gasteiger partial charge in [-0.1, -0.05) is 29.3 Å². The van der Waals surface area contributed by atoms with Crippen molar-refractivity contribution in [2.45, 2.75) is 20.4 Å². The van der Waals surface area contributed by atoms with Gasteiger partial charge in [-0.15, -0.1) is 0 Å². The van der Waals surface area contributed by atoms with E-state index in [-0.39, 0.29) is 5.91 Å². The molecule has 152 valence electrons. The standard InChI is InChI=1S/C21H25ClN6O/c1-14-3-5-16(6-4-14)25-21(29)17-13-24-20-18(19(17)22)15(2)26-28(20)12-11-27-9-7-23-8-10-27/h3-6,13,23H,7-12H2,1-2H3,(H,25,29). The first-order chi connectivity index (χ1) is 14.0. The molecule has 4 rings (SSSR count). The van der Waals surface area contributed by atoms with Crippen molar-refractivity contribution in [2.75, 3.05) is 38.0 Å². The van der Waals surface area contributed by atoms with Gasteiger partial charge in [0.05, 0.1) is 28.2 Å². The minimum atomic E-state index is -0.277. The van der Waals surface area contributed by atoms with Crippen LogP contribution in [0.25, 0.3) is 11.0 Å². The van der Waals surface area contributed by atoms with E-state index in [1.165, 1.54) is 6.20 Å². The average Bonchev–Trinajstić information content (AvgIpc) is 3.05. The van der Waals surface area contributed by atoms with Crippen molar-refractivity contribution >= 4 is 34.2 Å². The number of fused-ring (bicyclic) bond motifs is 1. The number of nitrogens with zero attached hydrogens (tertiary/aromatic N) is 4. The van der Waals surface area contributed by atoms with Crippen LogP contribution in [-0.4, -0.2) is 58.3 Å². The number of hydrogen-bond acceptors (Lipinski definition) is 5. The lowest BCUT2D eigenvalue weighted by molar-refractivity contribution is 0.102. The minimum Gasteiger partial charge on any atom is -0.322 e. The van der Waals surface area contributed by atoms with Gasteiger partial charge >= 0.3 is 0 Å². The van der Waals surface area contributed by atoms with E-state index in [2.05, 4.69) is 25.6 Å². The van der Waals surface area contributed by atoms with Crippen molar-refractivity contribution in [1.29, 1.82) is 0 Å². The fourth-order valence-corrected chi connectivity index (χ4v) is 3.95. The highest BCUT2D eigenvalue weighted by atomic mass is 35.5. The lowest BCUT2D eigenvalue weighted by atomic mass is 10.2. The molecule has 0 spiro atoms. The van der Waals surface area contributed by atoms with Crippen molar-refractivity contribution in [3.05, 3.63) is 52.3 Å². The summed E-state index contributed by atoms with van der Waals surface area (Å²) in [5.41, 5.74) is 3.70. The molecule has 0 atom stereocenters. The molecule has 0 aliphatic carbocycles. The van der Waals surface area contributed by atoms with Crippen LogP contribution in [0.2, 0.25) is 5.02 Å². The number of aryl methyl sites for hydroxylation is 2. The third kappa shape index (κ3) is 4.27. The van der Waals surface area contributed by atoms with Gasteiger partial charge in [0, 0.05) is 44.6 Å². The van der Waals surface area contributed by atoms with Crippen LogP contribution in [0.15, 0.2) is 30.5 Å². The van der Waals surface area contributed by atoms with Gasteiger partial charge in [0.25, 0.3) is 5.91 Å². The number of carbonyl (C=O) groups is 1. The Morgan fingerprint density at radius 1 is 1.17 bits per heavy atom. The summed E-state index contributed by atoms with van der Waals surface area (Å²) in [5, 5.41) is 12.0. The van der Waals surface area contributed by atoms with E-state index in [1.54, 1.807) is 0 Å². The van der Waals surface area contributed by atoms with E-state index < -0.39 is 0 Å². The predicted molar refractivity (Wildman–Crippen MR) is 116 cm³/mol. The Morgan fingerprint density at radius 3 is 2.62 bits per heavy atom. The quantitative estimate of drug-likeness (QED) is 0.674. The van der Waals surface area contributed by atoms with Crippen LogP contribution in [0.5, 0.6) is 0 Å². The van der Waals surface area contributed by atoms with Crippen molar-refractivity contribution in [3.8, 4) is 0 Å². The first kappa shape index (κ1) is 19.8. The van der Waals surface area contributed by atoms with E-state index in [0.29, 0.717) is 10.6 Å². The van der Waals surface area contributed by atoms with Gasteiger partial charge in [-0.25, -0.2) is 9.67 Å². The number of aromatic nitrogens is 3. The van der Waals surface area contributed by atoms with Crippen LogP contribution in [-0.2, 0) is 6.54 Å². The molecule has 2 N–H and O–H groups in total. The number of benzene rings is 1. The smallest absolute Gasteiger partial charge is 0.258 e. The summed E-state index contributed by atoms with van der Waals surface area (Å²) in [7, 11) is 0. The predicted octanol–water partition coefficient (Wildman–Crippen LogP) is 2.86. The van der Waals surface area contributed by atoms with Gasteiger partial charge in [-0.05, 0) is 26.0 Å². The second-order valence-corrected chi connectivity index (χ2v) is 7.78. The second-order valence-electron chi connectivity index (χ2n) is 7.40. The number of nitrogens with one attached hydrogen (secondary N) is 2. The SMILES string of the molecule is Cc1ccc(NC(=O)c2cnc3c(c(C)nn3CCN3CCNCC3)c2Cl)cc1. The molecule has 29 heavy (non-hydrogen) atoms. The Labute approximate surface area is 175 Å². The summed E-state index contributed by atoms with van der Waals surface area (Å²) < 4.78 is 1.89. The van der Waals surface area contributed by atoms with E-state index in [9.17, 15) is 4.79 Å². The molecule has 0 unspecified atom stereocenters. The molecule has 7 nitrogen and oxygen atoms in total. The first-order valence-corrected chi connectivity index (χ1v) is 10.2. The molecule has 0 bridgehead atoms. The molecule has 1 aromatic carbocycles. The number of carbonyl (C=O) groups excluding carboxylic acids is 1. The Balaban J connectivity index is 1.56. The van der Waals surface area contributed by atoms with Gasteiger partial charge in [0.15, 0.2) is 5.65 Å².